The third-order valence-corrected chi connectivity index (χ3v) is 6.20. The van der Waals surface area contributed by atoms with Gasteiger partial charge in [0.2, 0.25) is 5.95 Å². The van der Waals surface area contributed by atoms with Crippen LogP contribution in [0.15, 0.2) is 54.7 Å². The van der Waals surface area contributed by atoms with Gasteiger partial charge in [-0.2, -0.15) is 10.2 Å². The summed E-state index contributed by atoms with van der Waals surface area (Å²) < 4.78 is 5.65. The lowest BCUT2D eigenvalue weighted by molar-refractivity contribution is 0.413. The molecule has 1 saturated heterocycles. The first kappa shape index (κ1) is 21.0. The third-order valence-electron chi connectivity index (χ3n) is 6.20. The highest BCUT2D eigenvalue weighted by Gasteiger charge is 2.44. The van der Waals surface area contributed by atoms with Crippen LogP contribution in [0.25, 0.3) is 0 Å². The first-order valence-electron chi connectivity index (χ1n) is 11.2. The minimum atomic E-state index is -0.313. The van der Waals surface area contributed by atoms with Gasteiger partial charge in [0.25, 0.3) is 0 Å². The maximum Gasteiger partial charge on any atom is 0.229 e. The van der Waals surface area contributed by atoms with Crippen molar-refractivity contribution in [2.24, 2.45) is 0 Å². The minimum Gasteiger partial charge on any atom is -0.495 e. The van der Waals surface area contributed by atoms with Gasteiger partial charge in [0.15, 0.2) is 0 Å². The molecule has 1 aliphatic heterocycles. The van der Waals surface area contributed by atoms with Gasteiger partial charge in [0.1, 0.15) is 11.6 Å². The van der Waals surface area contributed by atoms with E-state index >= 15 is 0 Å². The number of hydrogen-bond acceptors (Lipinski definition) is 8. The molecule has 168 valence electrons. The number of hydrogen-bond donors (Lipinski definition) is 3. The smallest absolute Gasteiger partial charge is 0.229 e. The van der Waals surface area contributed by atoms with Crippen molar-refractivity contribution in [2.45, 2.75) is 18.3 Å². The molecule has 33 heavy (non-hydrogen) atoms. The Morgan fingerprint density at radius 3 is 2.64 bits per heavy atom. The summed E-state index contributed by atoms with van der Waals surface area (Å²) in [5, 5.41) is 19.5. The first-order chi connectivity index (χ1) is 16.2. The monoisotopic (exact) mass is 441 g/mol. The van der Waals surface area contributed by atoms with E-state index in [0.29, 0.717) is 11.8 Å². The Labute approximate surface area is 193 Å². The fraction of sp³-hybridized carbons (Fsp3) is 0.320. The molecule has 3 aromatic rings. The Hall–Kier alpha value is -3.83. The van der Waals surface area contributed by atoms with Crippen LogP contribution >= 0.6 is 0 Å². The van der Waals surface area contributed by atoms with Crippen molar-refractivity contribution < 1.29 is 4.74 Å². The zero-order valence-corrected chi connectivity index (χ0v) is 18.6. The van der Waals surface area contributed by atoms with Crippen LogP contribution < -0.4 is 25.6 Å². The van der Waals surface area contributed by atoms with Crippen LogP contribution in [0.5, 0.6) is 5.75 Å². The van der Waals surface area contributed by atoms with E-state index in [2.05, 4.69) is 43.0 Å². The van der Waals surface area contributed by atoms with Crippen molar-refractivity contribution in [1.82, 2.24) is 15.3 Å². The standard InChI is InChI=1S/C25H27N7O/c1-33-22-16-20(5-6-21(22)32-13-11-27-12-14-32)30-24-28-10-7-23(31-24)29-19-4-2-3-18(15-19)25(17-26)8-9-25/h2-7,10,15-16,27H,8-9,11-14H2,1H3,(H2,28,29,30,31). The van der Waals surface area contributed by atoms with Gasteiger partial charge in [-0.1, -0.05) is 12.1 Å². The van der Waals surface area contributed by atoms with Crippen LogP contribution in [0, 0.1) is 11.3 Å². The average molecular weight is 442 g/mol. The average Bonchev–Trinajstić information content (AvgIpc) is 3.66. The number of nitrogens with zero attached hydrogens (tertiary/aromatic N) is 4. The number of ether oxygens (including phenoxy) is 1. The predicted octanol–water partition coefficient (Wildman–Crippen LogP) is 3.94. The molecule has 0 unspecified atom stereocenters. The zero-order chi connectivity index (χ0) is 22.7. The molecule has 0 atom stereocenters. The van der Waals surface area contributed by atoms with E-state index < -0.39 is 0 Å². The van der Waals surface area contributed by atoms with Crippen LogP contribution in [-0.2, 0) is 5.41 Å². The van der Waals surface area contributed by atoms with Crippen molar-refractivity contribution in [2.75, 3.05) is 48.8 Å². The molecule has 8 heteroatoms. The highest BCUT2D eigenvalue weighted by atomic mass is 16.5. The van der Waals surface area contributed by atoms with Crippen LogP contribution in [0.2, 0.25) is 0 Å². The van der Waals surface area contributed by atoms with Crippen molar-refractivity contribution in [3.63, 3.8) is 0 Å². The van der Waals surface area contributed by atoms with E-state index in [1.807, 2.05) is 42.5 Å². The van der Waals surface area contributed by atoms with Crippen molar-refractivity contribution in [3.05, 3.63) is 60.3 Å². The lowest BCUT2D eigenvalue weighted by atomic mass is 9.97. The summed E-state index contributed by atoms with van der Waals surface area (Å²) in [6.45, 7) is 3.85. The second-order valence-electron chi connectivity index (χ2n) is 8.41. The molecule has 0 spiro atoms. The van der Waals surface area contributed by atoms with E-state index in [0.717, 1.165) is 67.4 Å². The number of anilines is 5. The summed E-state index contributed by atoms with van der Waals surface area (Å²) in [4.78, 5) is 11.3. The van der Waals surface area contributed by atoms with Gasteiger partial charge in [-0.3, -0.25) is 0 Å². The van der Waals surface area contributed by atoms with Crippen molar-refractivity contribution in [3.8, 4) is 11.8 Å². The Morgan fingerprint density at radius 2 is 1.88 bits per heavy atom. The lowest BCUT2D eigenvalue weighted by Crippen LogP contribution is -2.43. The normalized spacial score (nSPS) is 16.5. The third kappa shape index (κ3) is 4.54. The first-order valence-corrected chi connectivity index (χ1v) is 11.2. The molecule has 1 saturated carbocycles. The maximum absolute atomic E-state index is 9.48. The predicted molar refractivity (Wildman–Crippen MR) is 130 cm³/mol. The molecule has 1 aromatic heterocycles. The van der Waals surface area contributed by atoms with Gasteiger partial charge in [-0.15, -0.1) is 0 Å². The summed E-state index contributed by atoms with van der Waals surface area (Å²) in [6, 6.07) is 18.3. The van der Waals surface area contributed by atoms with Crippen LogP contribution in [0.1, 0.15) is 18.4 Å². The summed E-state index contributed by atoms with van der Waals surface area (Å²) in [6.07, 6.45) is 3.56. The molecule has 2 heterocycles. The van der Waals surface area contributed by atoms with E-state index in [4.69, 9.17) is 4.74 Å². The molecular formula is C25H27N7O. The Kier molecular flexibility index (Phi) is 5.71. The van der Waals surface area contributed by atoms with Gasteiger partial charge < -0.3 is 25.6 Å². The molecule has 2 aliphatic rings. The minimum absolute atomic E-state index is 0.313. The summed E-state index contributed by atoms with van der Waals surface area (Å²) in [7, 11) is 1.69. The number of benzene rings is 2. The van der Waals surface area contributed by atoms with Gasteiger partial charge in [0.05, 0.1) is 24.3 Å². The number of aromatic nitrogens is 2. The molecule has 3 N–H and O–H groups in total. The molecule has 0 radical (unpaired) electrons. The number of piperazine rings is 1. The molecular weight excluding hydrogens is 414 g/mol. The number of rotatable bonds is 7. The van der Waals surface area contributed by atoms with E-state index in [-0.39, 0.29) is 5.41 Å². The summed E-state index contributed by atoms with van der Waals surface area (Å²) in [5.74, 6) is 1.99. The second-order valence-corrected chi connectivity index (χ2v) is 8.41. The molecule has 0 bridgehead atoms. The SMILES string of the molecule is COc1cc(Nc2nccc(Nc3cccc(C4(C#N)CC4)c3)n2)ccc1N1CCNCC1. The van der Waals surface area contributed by atoms with E-state index in [9.17, 15) is 5.26 Å². The zero-order valence-electron chi connectivity index (χ0n) is 18.6. The van der Waals surface area contributed by atoms with E-state index in [1.165, 1.54) is 0 Å². The molecule has 5 rings (SSSR count). The summed E-state index contributed by atoms with van der Waals surface area (Å²) >= 11 is 0. The Bertz CT molecular complexity index is 1180. The quantitative estimate of drug-likeness (QED) is 0.507. The molecule has 8 nitrogen and oxygen atoms in total. The molecule has 2 fully saturated rings. The molecule has 2 aromatic carbocycles. The van der Waals surface area contributed by atoms with Gasteiger partial charge in [0, 0.05) is 49.8 Å². The number of nitriles is 1. The molecule has 1 aliphatic carbocycles. The van der Waals surface area contributed by atoms with Gasteiger partial charge >= 0.3 is 0 Å². The maximum atomic E-state index is 9.48. The highest BCUT2D eigenvalue weighted by molar-refractivity contribution is 5.68. The second kappa shape index (κ2) is 8.96. The van der Waals surface area contributed by atoms with E-state index in [1.54, 1.807) is 13.3 Å². The topological polar surface area (TPSA) is 98.1 Å². The fourth-order valence-corrected chi connectivity index (χ4v) is 4.17. The van der Waals surface area contributed by atoms with Crippen LogP contribution in [0.3, 0.4) is 0 Å². The molecule has 0 amide bonds. The number of methoxy groups -OCH3 is 1. The highest BCUT2D eigenvalue weighted by Crippen LogP contribution is 2.48. The largest absolute Gasteiger partial charge is 0.495 e. The van der Waals surface area contributed by atoms with Gasteiger partial charge in [-0.05, 0) is 48.7 Å². The number of nitrogens with one attached hydrogen (secondary N) is 3. The van der Waals surface area contributed by atoms with Crippen molar-refractivity contribution >= 4 is 28.8 Å². The lowest BCUT2D eigenvalue weighted by Gasteiger charge is -2.30. The van der Waals surface area contributed by atoms with Crippen LogP contribution in [-0.4, -0.2) is 43.3 Å². The fourth-order valence-electron chi connectivity index (χ4n) is 4.17. The Morgan fingerprint density at radius 1 is 1.06 bits per heavy atom. The van der Waals surface area contributed by atoms with Crippen molar-refractivity contribution in [1.29, 1.82) is 5.26 Å². The summed E-state index contributed by atoms with van der Waals surface area (Å²) in [5.41, 5.74) is 3.59. The Balaban J connectivity index is 1.31. The van der Waals surface area contributed by atoms with Gasteiger partial charge in [-0.25, -0.2) is 4.98 Å². The van der Waals surface area contributed by atoms with Crippen LogP contribution in [0.4, 0.5) is 28.8 Å².